The minimum Gasteiger partial charge on any atom is -0.279 e. The van der Waals surface area contributed by atoms with Crippen LogP contribution in [-0.2, 0) is 6.54 Å². The van der Waals surface area contributed by atoms with Gasteiger partial charge >= 0.3 is 0 Å². The molecule has 0 unspecified atom stereocenters. The molecule has 0 atom stereocenters. The van der Waals surface area contributed by atoms with Gasteiger partial charge < -0.3 is 0 Å². The van der Waals surface area contributed by atoms with E-state index in [2.05, 4.69) is 98.4 Å². The van der Waals surface area contributed by atoms with E-state index in [0.29, 0.717) is 23.5 Å². The molecular formula is C38H31N3. The summed E-state index contributed by atoms with van der Waals surface area (Å²) in [4.78, 5) is 9.21. The highest BCUT2D eigenvalue weighted by molar-refractivity contribution is 6.19. The topological polar surface area (TPSA) is 48.5 Å². The van der Waals surface area contributed by atoms with Crippen molar-refractivity contribution in [3.05, 3.63) is 161 Å². The highest BCUT2D eigenvalue weighted by Crippen LogP contribution is 2.33. The van der Waals surface area contributed by atoms with Crippen molar-refractivity contribution in [1.82, 2.24) is 0 Å². The van der Waals surface area contributed by atoms with Gasteiger partial charge in [-0.1, -0.05) is 127 Å². The number of rotatable bonds is 8. The summed E-state index contributed by atoms with van der Waals surface area (Å²) in [6.45, 7) is 8.53. The summed E-state index contributed by atoms with van der Waals surface area (Å²) in [7, 11) is 0. The summed E-state index contributed by atoms with van der Waals surface area (Å²) in [5.41, 5.74) is 11.7. The zero-order valence-corrected chi connectivity index (χ0v) is 23.4. The summed E-state index contributed by atoms with van der Waals surface area (Å²) in [6.07, 6.45) is 0. The summed E-state index contributed by atoms with van der Waals surface area (Å²) in [6, 6.07) is 45.3. The third kappa shape index (κ3) is 5.98. The fourth-order valence-electron chi connectivity index (χ4n) is 5.11. The maximum absolute atomic E-state index is 10.3. The van der Waals surface area contributed by atoms with E-state index < -0.39 is 0 Å². The molecule has 0 fully saturated rings. The first-order valence-electron chi connectivity index (χ1n) is 13.6. The Labute approximate surface area is 242 Å². The van der Waals surface area contributed by atoms with Crippen molar-refractivity contribution in [2.75, 3.05) is 0 Å². The molecule has 5 rings (SSSR count). The quantitative estimate of drug-likeness (QED) is 0.146. The monoisotopic (exact) mass is 529 g/mol. The van der Waals surface area contributed by atoms with Crippen LogP contribution in [0.5, 0.6) is 0 Å². The average Bonchev–Trinajstić information content (AvgIpc) is 3.02. The van der Waals surface area contributed by atoms with E-state index in [-0.39, 0.29) is 0 Å². The summed E-state index contributed by atoms with van der Waals surface area (Å²) >= 11 is 0. The van der Waals surface area contributed by atoms with E-state index >= 15 is 0 Å². The van der Waals surface area contributed by atoms with Crippen LogP contribution in [0.15, 0.2) is 143 Å². The molecule has 0 bridgehead atoms. The van der Waals surface area contributed by atoms with Crippen LogP contribution in [0.25, 0.3) is 28.0 Å². The lowest BCUT2D eigenvalue weighted by Crippen LogP contribution is -2.07. The van der Waals surface area contributed by atoms with Crippen molar-refractivity contribution in [2.45, 2.75) is 20.4 Å². The van der Waals surface area contributed by atoms with Crippen LogP contribution in [-0.4, -0.2) is 12.4 Å². The number of allylic oxidation sites excluding steroid dienone is 1. The van der Waals surface area contributed by atoms with Crippen molar-refractivity contribution in [2.24, 2.45) is 9.98 Å². The Balaban J connectivity index is 1.49. The molecule has 198 valence electrons. The molecule has 3 nitrogen and oxygen atoms in total. The molecule has 41 heavy (non-hydrogen) atoms. The van der Waals surface area contributed by atoms with E-state index in [1.54, 1.807) is 0 Å². The highest BCUT2D eigenvalue weighted by atomic mass is 14.8. The van der Waals surface area contributed by atoms with Crippen molar-refractivity contribution in [3.8, 4) is 28.3 Å². The molecule has 0 spiro atoms. The first-order chi connectivity index (χ1) is 20.1. The Bertz CT molecular complexity index is 1770. The lowest BCUT2D eigenvalue weighted by Gasteiger charge is -2.14. The largest absolute Gasteiger partial charge is 0.279 e. The van der Waals surface area contributed by atoms with Crippen LogP contribution in [0, 0.1) is 25.2 Å². The van der Waals surface area contributed by atoms with Crippen LogP contribution >= 0.6 is 0 Å². The minimum atomic E-state index is 0.401. The second-order valence-corrected chi connectivity index (χ2v) is 9.88. The SMILES string of the molecule is C=N/C(=C(/C#N)C(=NCc1ccc(-c2cccc(-c3ccccc3C)c2C)cc1)c1ccccc1)c1ccccc1. The van der Waals surface area contributed by atoms with E-state index in [1.807, 2.05) is 60.7 Å². The number of aryl methyl sites for hydroxylation is 1. The van der Waals surface area contributed by atoms with Crippen molar-refractivity contribution < 1.29 is 0 Å². The molecule has 5 aromatic carbocycles. The van der Waals surface area contributed by atoms with Crippen molar-refractivity contribution in [3.63, 3.8) is 0 Å². The van der Waals surface area contributed by atoms with Crippen LogP contribution in [0.2, 0.25) is 0 Å². The van der Waals surface area contributed by atoms with Gasteiger partial charge in [0.1, 0.15) is 11.6 Å². The molecule has 3 heteroatoms. The van der Waals surface area contributed by atoms with Crippen LogP contribution < -0.4 is 0 Å². The van der Waals surface area contributed by atoms with E-state index in [4.69, 9.17) is 4.99 Å². The molecule has 5 aromatic rings. The second kappa shape index (κ2) is 12.7. The van der Waals surface area contributed by atoms with Gasteiger partial charge in [0.15, 0.2) is 0 Å². The van der Waals surface area contributed by atoms with Crippen LogP contribution in [0.4, 0.5) is 0 Å². The predicted molar refractivity (Wildman–Crippen MR) is 172 cm³/mol. The third-order valence-electron chi connectivity index (χ3n) is 7.29. The molecule has 0 amide bonds. The third-order valence-corrected chi connectivity index (χ3v) is 7.29. The predicted octanol–water partition coefficient (Wildman–Crippen LogP) is 9.26. The maximum atomic E-state index is 10.3. The Kier molecular flexibility index (Phi) is 8.43. The Morgan fingerprint density at radius 3 is 1.88 bits per heavy atom. The van der Waals surface area contributed by atoms with Gasteiger partial charge in [0.2, 0.25) is 0 Å². The molecule has 0 aliphatic heterocycles. The van der Waals surface area contributed by atoms with Gasteiger partial charge in [0, 0.05) is 11.1 Å². The standard InChI is InChI=1S/C38H31N3/c1-27-13-10-11-18-33(27)35-20-12-19-34(28(35)2)30-23-21-29(22-24-30)26-41-38(32-16-8-5-9-17-32)36(25-39)37(40-3)31-14-6-4-7-15-31/h4-24H,3,26H2,1-2H3/b37-36-,41-38?. The van der Waals surface area contributed by atoms with Gasteiger partial charge in [0.25, 0.3) is 0 Å². The molecule has 0 aliphatic rings. The van der Waals surface area contributed by atoms with Gasteiger partial charge in [-0.25, -0.2) is 0 Å². The first-order valence-corrected chi connectivity index (χ1v) is 13.6. The fraction of sp³-hybridized carbons (Fsp3) is 0.0789. The fourth-order valence-corrected chi connectivity index (χ4v) is 5.11. The number of aliphatic imine (C=N–C) groups is 2. The normalized spacial score (nSPS) is 11.9. The van der Waals surface area contributed by atoms with Gasteiger partial charge in [-0.05, 0) is 59.5 Å². The minimum absolute atomic E-state index is 0.401. The molecule has 0 radical (unpaired) electrons. The molecule has 0 aromatic heterocycles. The molecule has 0 saturated heterocycles. The van der Waals surface area contributed by atoms with Gasteiger partial charge in [-0.2, -0.15) is 5.26 Å². The number of nitriles is 1. The van der Waals surface area contributed by atoms with Crippen LogP contribution in [0.1, 0.15) is 27.8 Å². The number of nitrogens with zero attached hydrogens (tertiary/aromatic N) is 3. The molecular weight excluding hydrogens is 498 g/mol. The Hall–Kier alpha value is -5.33. The summed E-state index contributed by atoms with van der Waals surface area (Å²) < 4.78 is 0. The maximum Gasteiger partial charge on any atom is 0.104 e. The highest BCUT2D eigenvalue weighted by Gasteiger charge is 2.16. The van der Waals surface area contributed by atoms with Crippen LogP contribution in [0.3, 0.4) is 0 Å². The lowest BCUT2D eigenvalue weighted by atomic mass is 9.91. The first kappa shape index (κ1) is 27.2. The number of hydrogen-bond acceptors (Lipinski definition) is 3. The van der Waals surface area contributed by atoms with Crippen molar-refractivity contribution in [1.29, 1.82) is 5.26 Å². The Morgan fingerprint density at radius 2 is 1.24 bits per heavy atom. The van der Waals surface area contributed by atoms with E-state index in [0.717, 1.165) is 22.3 Å². The zero-order valence-electron chi connectivity index (χ0n) is 23.4. The molecule has 0 saturated carbocycles. The summed E-state index contributed by atoms with van der Waals surface area (Å²) in [5, 5.41) is 10.3. The van der Waals surface area contributed by atoms with Crippen molar-refractivity contribution >= 4 is 18.1 Å². The molecule has 0 N–H and O–H groups in total. The molecule has 0 heterocycles. The van der Waals surface area contributed by atoms with E-state index in [1.165, 1.54) is 27.8 Å². The van der Waals surface area contributed by atoms with Gasteiger partial charge in [-0.15, -0.1) is 0 Å². The Morgan fingerprint density at radius 1 is 0.659 bits per heavy atom. The van der Waals surface area contributed by atoms with E-state index in [9.17, 15) is 5.26 Å². The number of hydrogen-bond donors (Lipinski definition) is 0. The lowest BCUT2D eigenvalue weighted by molar-refractivity contribution is 1.07. The smallest absolute Gasteiger partial charge is 0.104 e. The average molecular weight is 530 g/mol. The number of benzene rings is 5. The second-order valence-electron chi connectivity index (χ2n) is 9.88. The zero-order chi connectivity index (χ0) is 28.6. The van der Waals surface area contributed by atoms with Gasteiger partial charge in [-0.3, -0.25) is 9.98 Å². The van der Waals surface area contributed by atoms with Gasteiger partial charge in [0.05, 0.1) is 18.0 Å². The molecule has 0 aliphatic carbocycles. The summed E-state index contributed by atoms with van der Waals surface area (Å²) in [5.74, 6) is 0.